The molecule has 0 unspecified atom stereocenters. The summed E-state index contributed by atoms with van der Waals surface area (Å²) < 4.78 is 45.8. The first kappa shape index (κ1) is 2.97. The molecule has 0 aromatic heterocycles. The van der Waals surface area contributed by atoms with Gasteiger partial charge in [0.2, 0.25) is 0 Å². The maximum Gasteiger partial charge on any atom is 0.337 e. The fourth-order valence-electron chi connectivity index (χ4n) is 0.665. The van der Waals surface area contributed by atoms with Crippen LogP contribution < -0.4 is 0 Å². The van der Waals surface area contributed by atoms with Crippen molar-refractivity contribution in [1.29, 1.82) is 0 Å². The molecular formula is C9H10O2. The first-order chi connectivity index (χ1) is 7.59. The lowest BCUT2D eigenvalue weighted by Gasteiger charge is -1.97. The van der Waals surface area contributed by atoms with Gasteiger partial charge in [0, 0.05) is 4.11 Å². The number of hydrogen-bond donors (Lipinski definition) is 0. The van der Waals surface area contributed by atoms with Gasteiger partial charge >= 0.3 is 5.97 Å². The molecular weight excluding hydrogens is 140 g/mol. The van der Waals surface area contributed by atoms with Crippen LogP contribution in [-0.2, 0) is 4.74 Å². The van der Waals surface area contributed by atoms with E-state index in [-0.39, 0.29) is 11.1 Å². The highest BCUT2D eigenvalue weighted by molar-refractivity contribution is 5.89. The van der Waals surface area contributed by atoms with Crippen molar-refractivity contribution in [2.75, 3.05) is 7.04 Å². The van der Waals surface area contributed by atoms with Gasteiger partial charge in [-0.3, -0.25) is 0 Å². The molecule has 11 heavy (non-hydrogen) atoms. The van der Waals surface area contributed by atoms with Gasteiger partial charge in [-0.2, -0.15) is 0 Å². The standard InChI is InChI=1S/C9H10O2/c1-7-3-5-8(6-4-7)9(10)11-2/h3-6H,1-2H3/i1D3,2D3. The van der Waals surface area contributed by atoms with E-state index in [0.717, 1.165) is 0 Å². The smallest absolute Gasteiger partial charge is 0.337 e. The molecule has 0 aliphatic carbocycles. The van der Waals surface area contributed by atoms with Crippen LogP contribution in [0.5, 0.6) is 0 Å². The highest BCUT2D eigenvalue weighted by Crippen LogP contribution is 2.03. The molecule has 0 atom stereocenters. The van der Waals surface area contributed by atoms with E-state index in [1.807, 2.05) is 0 Å². The number of hydrogen-bond acceptors (Lipinski definition) is 2. The molecule has 0 saturated carbocycles. The normalized spacial score (nSPS) is 19.6. The molecule has 0 aliphatic rings. The predicted molar refractivity (Wildman–Crippen MR) is 42.5 cm³/mol. The number of carbonyl (C=O) groups excluding carboxylic acids is 1. The number of benzene rings is 1. The van der Waals surface area contributed by atoms with E-state index in [0.29, 0.717) is 0 Å². The lowest BCUT2D eigenvalue weighted by molar-refractivity contribution is 0.0601. The molecule has 0 saturated heterocycles. The number of rotatable bonds is 1. The molecule has 0 amide bonds. The number of ether oxygens (including phenoxy) is 1. The molecule has 58 valence electrons. The summed E-state index contributed by atoms with van der Waals surface area (Å²) in [6.45, 7) is -2.26. The Labute approximate surface area is 74.2 Å². The third-order valence-corrected chi connectivity index (χ3v) is 1.21. The van der Waals surface area contributed by atoms with Crippen LogP contribution in [0.25, 0.3) is 0 Å². The number of esters is 1. The minimum Gasteiger partial charge on any atom is -0.465 e. The summed E-state index contributed by atoms with van der Waals surface area (Å²) in [6, 6.07) is 4.91. The average molecular weight is 156 g/mol. The Morgan fingerprint density at radius 3 is 2.73 bits per heavy atom. The zero-order chi connectivity index (χ0) is 13.3. The van der Waals surface area contributed by atoms with Crippen molar-refractivity contribution in [2.45, 2.75) is 6.85 Å². The van der Waals surface area contributed by atoms with Gasteiger partial charge in [0.15, 0.2) is 0 Å². The van der Waals surface area contributed by atoms with Crippen LogP contribution in [0.4, 0.5) is 0 Å². The second-order valence-electron chi connectivity index (χ2n) is 1.97. The van der Waals surface area contributed by atoms with E-state index in [1.165, 1.54) is 24.3 Å². The van der Waals surface area contributed by atoms with Crippen molar-refractivity contribution in [3.8, 4) is 0 Å². The second-order valence-corrected chi connectivity index (χ2v) is 1.97. The molecule has 0 N–H and O–H groups in total. The van der Waals surface area contributed by atoms with Crippen molar-refractivity contribution in [1.82, 2.24) is 0 Å². The lowest BCUT2D eigenvalue weighted by Crippen LogP contribution is -2.00. The molecule has 0 aliphatic heterocycles. The first-order valence-electron chi connectivity index (χ1n) is 5.93. The Morgan fingerprint density at radius 1 is 1.45 bits per heavy atom. The molecule has 1 aromatic rings. The van der Waals surface area contributed by atoms with E-state index in [9.17, 15) is 4.79 Å². The fraction of sp³-hybridized carbons (Fsp3) is 0.222. The Hall–Kier alpha value is -1.31. The van der Waals surface area contributed by atoms with Crippen molar-refractivity contribution in [2.24, 2.45) is 0 Å². The van der Waals surface area contributed by atoms with Crippen molar-refractivity contribution in [3.05, 3.63) is 35.4 Å². The van der Waals surface area contributed by atoms with Crippen LogP contribution in [0, 0.1) is 6.85 Å². The average Bonchev–Trinajstić information content (AvgIpc) is 2.14. The van der Waals surface area contributed by atoms with Crippen molar-refractivity contribution >= 4 is 5.97 Å². The summed E-state index contributed by atoms with van der Waals surface area (Å²) in [5.41, 5.74) is 0.0667. The summed E-state index contributed by atoms with van der Waals surface area (Å²) in [6.07, 6.45) is 0. The zero-order valence-corrected chi connectivity index (χ0v) is 5.63. The van der Waals surface area contributed by atoms with Crippen LogP contribution in [0.1, 0.15) is 24.1 Å². The quantitative estimate of drug-likeness (QED) is 0.579. The minimum absolute atomic E-state index is 0.00544. The maximum absolute atomic E-state index is 11.3. The highest BCUT2D eigenvalue weighted by atomic mass is 16.5. The topological polar surface area (TPSA) is 26.3 Å². The van der Waals surface area contributed by atoms with Gasteiger partial charge < -0.3 is 4.74 Å². The Morgan fingerprint density at radius 2 is 2.18 bits per heavy atom. The zero-order valence-electron chi connectivity index (χ0n) is 11.6. The molecule has 0 heterocycles. The molecule has 0 bridgehead atoms. The van der Waals surface area contributed by atoms with E-state index < -0.39 is 19.9 Å². The summed E-state index contributed by atoms with van der Waals surface area (Å²) >= 11 is 0. The SMILES string of the molecule is [2H]C([2H])([2H])OC(=O)c1ccc(C([2H])([2H])[2H])cc1. The lowest BCUT2D eigenvalue weighted by atomic mass is 10.2. The van der Waals surface area contributed by atoms with E-state index in [2.05, 4.69) is 4.74 Å². The number of carbonyl (C=O) groups is 1. The molecule has 2 heteroatoms. The first-order valence-corrected chi connectivity index (χ1v) is 2.93. The molecule has 0 fully saturated rings. The fourth-order valence-corrected chi connectivity index (χ4v) is 0.665. The van der Waals surface area contributed by atoms with Crippen molar-refractivity contribution in [3.63, 3.8) is 0 Å². The van der Waals surface area contributed by atoms with Gasteiger partial charge in [-0.15, -0.1) is 0 Å². The summed E-state index contributed by atoms with van der Waals surface area (Å²) in [5, 5.41) is 0. The number of methoxy groups -OCH3 is 1. The van der Waals surface area contributed by atoms with E-state index in [1.54, 1.807) is 0 Å². The van der Waals surface area contributed by atoms with Gasteiger partial charge in [-0.25, -0.2) is 4.79 Å². The molecule has 1 aromatic carbocycles. The summed E-state index contributed by atoms with van der Waals surface area (Å²) in [7, 11) is -2.81. The predicted octanol–water partition coefficient (Wildman–Crippen LogP) is 1.78. The van der Waals surface area contributed by atoms with Gasteiger partial charge in [0.25, 0.3) is 0 Å². The van der Waals surface area contributed by atoms with Gasteiger partial charge in [0.05, 0.1) is 16.7 Å². The van der Waals surface area contributed by atoms with Gasteiger partial charge in [-0.1, -0.05) is 17.7 Å². The van der Waals surface area contributed by atoms with Crippen molar-refractivity contribution < 1.29 is 17.8 Å². The van der Waals surface area contributed by atoms with Crippen LogP contribution in [0.15, 0.2) is 24.3 Å². The largest absolute Gasteiger partial charge is 0.465 e. The third kappa shape index (κ3) is 1.80. The minimum atomic E-state index is -2.81. The molecule has 0 radical (unpaired) electrons. The Kier molecular flexibility index (Phi) is 0.862. The van der Waals surface area contributed by atoms with Crippen LogP contribution in [0.3, 0.4) is 0 Å². The molecule has 0 spiro atoms. The molecule has 2 nitrogen and oxygen atoms in total. The monoisotopic (exact) mass is 156 g/mol. The summed E-state index contributed by atoms with van der Waals surface area (Å²) in [4.78, 5) is 11.3. The van der Waals surface area contributed by atoms with E-state index in [4.69, 9.17) is 8.22 Å². The molecule has 1 rings (SSSR count). The Balaban J connectivity index is 2.85. The van der Waals surface area contributed by atoms with Crippen LogP contribution in [-0.4, -0.2) is 13.0 Å². The third-order valence-electron chi connectivity index (χ3n) is 1.21. The van der Waals surface area contributed by atoms with Crippen LogP contribution >= 0.6 is 0 Å². The van der Waals surface area contributed by atoms with E-state index >= 15 is 0 Å². The van der Waals surface area contributed by atoms with Gasteiger partial charge in [0.1, 0.15) is 0 Å². The number of aryl methyl sites for hydroxylation is 1. The van der Waals surface area contributed by atoms with Gasteiger partial charge in [-0.05, 0) is 19.0 Å². The van der Waals surface area contributed by atoms with Crippen LogP contribution in [0.2, 0.25) is 0 Å². The highest BCUT2D eigenvalue weighted by Gasteiger charge is 2.01. The maximum atomic E-state index is 11.3. The second kappa shape index (κ2) is 3.19. The Bertz CT molecular complexity index is 403. The summed E-state index contributed by atoms with van der Waals surface area (Å²) in [5.74, 6) is -1.01.